The third-order valence-corrected chi connectivity index (χ3v) is 1.18. The highest BCUT2D eigenvalue weighted by atomic mass is 16.5. The topological polar surface area (TPSA) is 75.6 Å². The van der Waals surface area contributed by atoms with Gasteiger partial charge in [0.05, 0.1) is 6.42 Å². The molecule has 64 valence electrons. The third kappa shape index (κ3) is 3.57. The Morgan fingerprint density at radius 1 is 1.64 bits per heavy atom. The van der Waals surface area contributed by atoms with E-state index in [-0.39, 0.29) is 6.42 Å². The molecule has 1 atom stereocenters. The molecular weight excluding hydrogens is 150 g/mol. The Balaban J connectivity index is 3.94. The lowest BCUT2D eigenvalue weighted by Crippen LogP contribution is -2.34. The molecule has 0 aliphatic carbocycles. The smallest absolute Gasteiger partial charge is 0.306 e. The molecule has 5 heteroatoms. The zero-order valence-electron chi connectivity index (χ0n) is 6.46. The maximum atomic E-state index is 10.8. The molecule has 0 saturated carbocycles. The molecule has 5 nitrogen and oxygen atoms in total. The number of carbonyl (C=O) groups is 2. The van der Waals surface area contributed by atoms with Gasteiger partial charge in [-0.3, -0.25) is 9.59 Å². The summed E-state index contributed by atoms with van der Waals surface area (Å²) in [6, 6.07) is 0. The van der Waals surface area contributed by atoms with Crippen molar-refractivity contribution in [2.45, 2.75) is 12.5 Å². The van der Waals surface area contributed by atoms with Crippen molar-refractivity contribution in [3.05, 3.63) is 0 Å². The monoisotopic (exact) mass is 161 g/mol. The van der Waals surface area contributed by atoms with Gasteiger partial charge in [-0.05, 0) is 0 Å². The number of carboxylic acids is 1. The van der Waals surface area contributed by atoms with Gasteiger partial charge in [-0.15, -0.1) is 0 Å². The van der Waals surface area contributed by atoms with Crippen LogP contribution in [0, 0.1) is 0 Å². The van der Waals surface area contributed by atoms with Crippen molar-refractivity contribution in [1.82, 2.24) is 5.32 Å². The lowest BCUT2D eigenvalue weighted by Gasteiger charge is -2.09. The molecule has 0 aromatic heterocycles. The molecule has 0 heterocycles. The second kappa shape index (κ2) is 4.68. The summed E-state index contributed by atoms with van der Waals surface area (Å²) in [5.74, 6) is -1.48. The van der Waals surface area contributed by atoms with Crippen LogP contribution in [0.2, 0.25) is 0 Å². The van der Waals surface area contributed by atoms with Crippen molar-refractivity contribution < 1.29 is 19.4 Å². The number of ether oxygens (including phenoxy) is 1. The number of nitrogens with one attached hydrogen (secondary N) is 1. The van der Waals surface area contributed by atoms with Gasteiger partial charge in [-0.25, -0.2) is 0 Å². The number of hydrogen-bond acceptors (Lipinski definition) is 3. The van der Waals surface area contributed by atoms with Crippen molar-refractivity contribution in [2.75, 3.05) is 14.2 Å². The lowest BCUT2D eigenvalue weighted by molar-refractivity contribution is -0.145. The van der Waals surface area contributed by atoms with Gasteiger partial charge < -0.3 is 15.2 Å². The van der Waals surface area contributed by atoms with Crippen LogP contribution in [0.3, 0.4) is 0 Å². The first-order chi connectivity index (χ1) is 5.11. The Kier molecular flexibility index (Phi) is 4.21. The SMILES string of the molecule is CNC(=O)[C@@H](CC(=O)O)OC. The highest BCUT2D eigenvalue weighted by molar-refractivity contribution is 5.84. The summed E-state index contributed by atoms with van der Waals surface area (Å²) in [6.07, 6.45) is -1.20. The second-order valence-corrected chi connectivity index (χ2v) is 1.94. The molecule has 0 bridgehead atoms. The van der Waals surface area contributed by atoms with Gasteiger partial charge in [0.1, 0.15) is 6.10 Å². The summed E-state index contributed by atoms with van der Waals surface area (Å²) >= 11 is 0. The van der Waals surface area contributed by atoms with E-state index in [0.29, 0.717) is 0 Å². The second-order valence-electron chi connectivity index (χ2n) is 1.94. The predicted octanol–water partition coefficient (Wildman–Crippen LogP) is -0.778. The van der Waals surface area contributed by atoms with Gasteiger partial charge in [-0.1, -0.05) is 0 Å². The molecule has 0 aromatic carbocycles. The van der Waals surface area contributed by atoms with Crippen LogP contribution < -0.4 is 5.32 Å². The molecule has 0 radical (unpaired) electrons. The predicted molar refractivity (Wildman–Crippen MR) is 37.1 cm³/mol. The van der Waals surface area contributed by atoms with Crippen LogP contribution in [0.5, 0.6) is 0 Å². The van der Waals surface area contributed by atoms with Gasteiger partial charge in [-0.2, -0.15) is 0 Å². The van der Waals surface area contributed by atoms with E-state index >= 15 is 0 Å². The van der Waals surface area contributed by atoms with E-state index in [1.807, 2.05) is 0 Å². The van der Waals surface area contributed by atoms with Crippen LogP contribution in [0.4, 0.5) is 0 Å². The number of carboxylic acid groups (broad SMARTS) is 1. The van der Waals surface area contributed by atoms with Crippen LogP contribution in [-0.4, -0.2) is 37.2 Å². The van der Waals surface area contributed by atoms with Gasteiger partial charge >= 0.3 is 5.97 Å². The van der Waals surface area contributed by atoms with E-state index in [4.69, 9.17) is 5.11 Å². The minimum absolute atomic E-state index is 0.309. The molecule has 0 fully saturated rings. The molecule has 0 aromatic rings. The molecule has 0 rings (SSSR count). The molecular formula is C6H11NO4. The first-order valence-electron chi connectivity index (χ1n) is 3.08. The first-order valence-corrected chi connectivity index (χ1v) is 3.08. The van der Waals surface area contributed by atoms with E-state index in [9.17, 15) is 9.59 Å². The summed E-state index contributed by atoms with van der Waals surface area (Å²) in [5, 5.41) is 10.6. The number of hydrogen-bond donors (Lipinski definition) is 2. The maximum Gasteiger partial charge on any atom is 0.306 e. The number of carbonyl (C=O) groups excluding carboxylic acids is 1. The van der Waals surface area contributed by atoms with Gasteiger partial charge in [0.25, 0.3) is 0 Å². The summed E-state index contributed by atoms with van der Waals surface area (Å²) in [5.41, 5.74) is 0. The lowest BCUT2D eigenvalue weighted by atomic mass is 10.2. The van der Waals surface area contributed by atoms with Crippen molar-refractivity contribution in [1.29, 1.82) is 0 Å². The highest BCUT2D eigenvalue weighted by Gasteiger charge is 2.19. The minimum Gasteiger partial charge on any atom is -0.481 e. The van der Waals surface area contributed by atoms with Crippen LogP contribution >= 0.6 is 0 Å². The Morgan fingerprint density at radius 3 is 2.45 bits per heavy atom. The summed E-state index contributed by atoms with van der Waals surface area (Å²) in [4.78, 5) is 20.9. The minimum atomic E-state index is -1.06. The molecule has 2 N–H and O–H groups in total. The fourth-order valence-electron chi connectivity index (χ4n) is 0.603. The zero-order chi connectivity index (χ0) is 8.85. The Hall–Kier alpha value is -1.10. The van der Waals surface area contributed by atoms with Crippen molar-refractivity contribution in [3.63, 3.8) is 0 Å². The number of likely N-dealkylation sites (N-methyl/N-ethyl adjacent to an activating group) is 1. The molecule has 0 unspecified atom stereocenters. The van der Waals surface area contributed by atoms with E-state index < -0.39 is 18.0 Å². The van der Waals surface area contributed by atoms with E-state index in [1.165, 1.54) is 14.2 Å². The number of methoxy groups -OCH3 is 1. The largest absolute Gasteiger partial charge is 0.481 e. The fourth-order valence-corrected chi connectivity index (χ4v) is 0.603. The van der Waals surface area contributed by atoms with E-state index in [2.05, 4.69) is 10.1 Å². The molecule has 0 saturated heterocycles. The van der Waals surface area contributed by atoms with E-state index in [1.54, 1.807) is 0 Å². The van der Waals surface area contributed by atoms with E-state index in [0.717, 1.165) is 0 Å². The van der Waals surface area contributed by atoms with Gasteiger partial charge in [0.15, 0.2) is 0 Å². The Labute approximate surface area is 64.3 Å². The number of aliphatic carboxylic acids is 1. The molecule has 0 aliphatic rings. The molecule has 11 heavy (non-hydrogen) atoms. The van der Waals surface area contributed by atoms with Gasteiger partial charge in [0, 0.05) is 14.2 Å². The van der Waals surface area contributed by atoms with Crippen LogP contribution in [0.15, 0.2) is 0 Å². The molecule has 1 amide bonds. The molecule has 0 spiro atoms. The Bertz CT molecular complexity index is 157. The van der Waals surface area contributed by atoms with Crippen LogP contribution in [-0.2, 0) is 14.3 Å². The van der Waals surface area contributed by atoms with Gasteiger partial charge in [0.2, 0.25) is 5.91 Å². The fraction of sp³-hybridized carbons (Fsp3) is 0.667. The highest BCUT2D eigenvalue weighted by Crippen LogP contribution is 1.96. The summed E-state index contributed by atoms with van der Waals surface area (Å²) in [6.45, 7) is 0. The quantitative estimate of drug-likeness (QED) is 0.567. The maximum absolute atomic E-state index is 10.8. The average Bonchev–Trinajstić information content (AvgIpc) is 1.98. The molecule has 0 aliphatic heterocycles. The van der Waals surface area contributed by atoms with Crippen LogP contribution in [0.25, 0.3) is 0 Å². The third-order valence-electron chi connectivity index (χ3n) is 1.18. The average molecular weight is 161 g/mol. The van der Waals surface area contributed by atoms with Crippen LogP contribution in [0.1, 0.15) is 6.42 Å². The van der Waals surface area contributed by atoms with Crippen molar-refractivity contribution in [2.24, 2.45) is 0 Å². The Morgan fingerprint density at radius 2 is 2.18 bits per heavy atom. The normalized spacial score (nSPS) is 12.2. The number of amides is 1. The van der Waals surface area contributed by atoms with Crippen molar-refractivity contribution >= 4 is 11.9 Å². The zero-order valence-corrected chi connectivity index (χ0v) is 6.46. The number of rotatable bonds is 4. The standard InChI is InChI=1S/C6H11NO4/c1-7-6(10)4(11-2)3-5(8)9/h4H,3H2,1-2H3,(H,7,10)(H,8,9)/t4-/m1/s1. The summed E-state index contributed by atoms with van der Waals surface area (Å²) < 4.78 is 4.62. The first kappa shape index (κ1) is 9.90. The van der Waals surface area contributed by atoms with Crippen molar-refractivity contribution in [3.8, 4) is 0 Å². The summed E-state index contributed by atoms with van der Waals surface area (Å²) in [7, 11) is 2.72.